The Balaban J connectivity index is 2.58. The highest BCUT2D eigenvalue weighted by atomic mass is 16.5. The summed E-state index contributed by atoms with van der Waals surface area (Å²) in [5.74, 6) is 0.887. The minimum absolute atomic E-state index is 0.887. The summed E-state index contributed by atoms with van der Waals surface area (Å²) in [6, 6.07) is 14.3. The highest BCUT2D eigenvalue weighted by Crippen LogP contribution is 2.32. The lowest BCUT2D eigenvalue weighted by atomic mass is 10.0. The molecule has 0 unspecified atom stereocenters. The molecule has 0 spiro atoms. The molecule has 0 fully saturated rings. The van der Waals surface area contributed by atoms with Gasteiger partial charge in [-0.15, -0.1) is 0 Å². The van der Waals surface area contributed by atoms with Crippen LogP contribution in [0.25, 0.3) is 21.7 Å². The zero-order valence-corrected chi connectivity index (χ0v) is 9.90. The van der Waals surface area contributed by atoms with Crippen molar-refractivity contribution in [3.63, 3.8) is 0 Å². The van der Waals surface area contributed by atoms with Crippen LogP contribution in [0.2, 0.25) is 0 Å². The van der Waals surface area contributed by atoms with Crippen molar-refractivity contribution in [2.75, 3.05) is 7.11 Å². The number of ether oxygens (including phenoxy) is 1. The van der Waals surface area contributed by atoms with Gasteiger partial charge in [0.15, 0.2) is 0 Å². The molecular weight excluding hydrogens is 210 g/mol. The van der Waals surface area contributed by atoms with E-state index in [1.54, 1.807) is 7.11 Å². The van der Waals surface area contributed by atoms with Gasteiger partial charge in [0.25, 0.3) is 0 Å². The number of methoxy groups -OCH3 is 1. The molecule has 2 aromatic carbocycles. The fraction of sp³-hybridized carbons (Fsp3) is 0.133. The van der Waals surface area contributed by atoms with E-state index in [0.717, 1.165) is 22.3 Å². The maximum atomic E-state index is 5.42. The van der Waals surface area contributed by atoms with E-state index in [9.17, 15) is 0 Å². The zero-order valence-electron chi connectivity index (χ0n) is 9.90. The van der Waals surface area contributed by atoms with Gasteiger partial charge in [0.05, 0.1) is 12.6 Å². The van der Waals surface area contributed by atoms with Gasteiger partial charge in [0, 0.05) is 16.5 Å². The second-order valence-corrected chi connectivity index (χ2v) is 4.10. The first kappa shape index (κ1) is 10.1. The minimum atomic E-state index is 0.887. The minimum Gasteiger partial charge on any atom is -0.496 e. The summed E-state index contributed by atoms with van der Waals surface area (Å²) in [5, 5.41) is 3.48. The molecule has 0 atom stereocenters. The van der Waals surface area contributed by atoms with Gasteiger partial charge in [-0.25, -0.2) is 0 Å². The first-order chi connectivity index (χ1) is 8.31. The van der Waals surface area contributed by atoms with Gasteiger partial charge in [-0.1, -0.05) is 30.3 Å². The molecule has 3 rings (SSSR count). The molecule has 2 nitrogen and oxygen atoms in total. The van der Waals surface area contributed by atoms with Gasteiger partial charge in [-0.3, -0.25) is 4.98 Å². The summed E-state index contributed by atoms with van der Waals surface area (Å²) in [6.07, 6.45) is 0. The second-order valence-electron chi connectivity index (χ2n) is 4.10. The Morgan fingerprint density at radius 3 is 2.53 bits per heavy atom. The lowest BCUT2D eigenvalue weighted by Gasteiger charge is -2.10. The highest BCUT2D eigenvalue weighted by molar-refractivity contribution is 6.08. The number of rotatable bonds is 1. The molecule has 1 heterocycles. The van der Waals surface area contributed by atoms with Crippen LogP contribution >= 0.6 is 0 Å². The SMILES string of the molecule is COc1cccc2c1c(C)nc1ccccc12. The van der Waals surface area contributed by atoms with Crippen LogP contribution in [0.15, 0.2) is 42.5 Å². The van der Waals surface area contributed by atoms with Crippen molar-refractivity contribution in [3.05, 3.63) is 48.2 Å². The van der Waals surface area contributed by atoms with Crippen LogP contribution in [0.4, 0.5) is 0 Å². The van der Waals surface area contributed by atoms with E-state index in [4.69, 9.17) is 4.74 Å². The van der Waals surface area contributed by atoms with Crippen LogP contribution in [0.3, 0.4) is 0 Å². The summed E-state index contributed by atoms with van der Waals surface area (Å²) in [4.78, 5) is 4.63. The Bertz CT molecular complexity index is 704. The lowest BCUT2D eigenvalue weighted by Crippen LogP contribution is -1.91. The fourth-order valence-electron chi connectivity index (χ4n) is 2.33. The Kier molecular flexibility index (Phi) is 2.22. The molecule has 0 aliphatic heterocycles. The molecule has 0 N–H and O–H groups in total. The quantitative estimate of drug-likeness (QED) is 0.587. The van der Waals surface area contributed by atoms with Crippen molar-refractivity contribution in [2.24, 2.45) is 0 Å². The van der Waals surface area contributed by atoms with E-state index in [2.05, 4.69) is 17.1 Å². The number of aryl methyl sites for hydroxylation is 1. The van der Waals surface area contributed by atoms with Crippen LogP contribution in [0, 0.1) is 6.92 Å². The van der Waals surface area contributed by atoms with E-state index in [1.165, 1.54) is 10.8 Å². The molecule has 1 aromatic heterocycles. The third kappa shape index (κ3) is 1.45. The summed E-state index contributed by atoms with van der Waals surface area (Å²) >= 11 is 0. The van der Waals surface area contributed by atoms with E-state index in [0.29, 0.717) is 0 Å². The number of aromatic nitrogens is 1. The van der Waals surface area contributed by atoms with Gasteiger partial charge < -0.3 is 4.74 Å². The maximum Gasteiger partial charge on any atom is 0.128 e. The molecular formula is C15H13NO. The summed E-state index contributed by atoms with van der Waals surface area (Å²) in [5.41, 5.74) is 2.04. The molecule has 84 valence electrons. The number of benzene rings is 2. The van der Waals surface area contributed by atoms with Crippen LogP contribution in [0.5, 0.6) is 5.75 Å². The van der Waals surface area contributed by atoms with Crippen LogP contribution in [-0.4, -0.2) is 12.1 Å². The molecule has 3 aromatic rings. The van der Waals surface area contributed by atoms with E-state index in [1.807, 2.05) is 37.3 Å². The normalized spacial score (nSPS) is 10.9. The molecule has 0 bridgehead atoms. The highest BCUT2D eigenvalue weighted by Gasteiger charge is 2.08. The predicted octanol–water partition coefficient (Wildman–Crippen LogP) is 3.71. The van der Waals surface area contributed by atoms with Gasteiger partial charge in [-0.05, 0) is 24.4 Å². The average molecular weight is 223 g/mol. The fourth-order valence-corrected chi connectivity index (χ4v) is 2.33. The molecule has 0 saturated carbocycles. The van der Waals surface area contributed by atoms with Crippen molar-refractivity contribution in [1.29, 1.82) is 0 Å². The monoisotopic (exact) mass is 223 g/mol. The van der Waals surface area contributed by atoms with Crippen molar-refractivity contribution < 1.29 is 4.74 Å². The molecule has 0 amide bonds. The topological polar surface area (TPSA) is 22.1 Å². The second kappa shape index (κ2) is 3.74. The van der Waals surface area contributed by atoms with Crippen molar-refractivity contribution in [3.8, 4) is 5.75 Å². The number of hydrogen-bond acceptors (Lipinski definition) is 2. The van der Waals surface area contributed by atoms with Gasteiger partial charge in [0.2, 0.25) is 0 Å². The standard InChI is InChI=1S/C15H13NO/c1-10-15-12(7-5-9-14(15)17-2)11-6-3-4-8-13(11)16-10/h3-9H,1-2H3. The number of nitrogens with zero attached hydrogens (tertiary/aromatic N) is 1. The molecule has 0 aliphatic rings. The number of para-hydroxylation sites is 1. The van der Waals surface area contributed by atoms with Crippen molar-refractivity contribution >= 4 is 21.7 Å². The van der Waals surface area contributed by atoms with E-state index < -0.39 is 0 Å². The molecule has 0 saturated heterocycles. The molecule has 0 aliphatic carbocycles. The van der Waals surface area contributed by atoms with Gasteiger partial charge in [-0.2, -0.15) is 0 Å². The van der Waals surface area contributed by atoms with Crippen LogP contribution in [-0.2, 0) is 0 Å². The maximum absolute atomic E-state index is 5.42. The summed E-state index contributed by atoms with van der Waals surface area (Å²) in [6.45, 7) is 2.03. The van der Waals surface area contributed by atoms with Crippen molar-refractivity contribution in [1.82, 2.24) is 4.98 Å². The Morgan fingerprint density at radius 1 is 0.941 bits per heavy atom. The van der Waals surface area contributed by atoms with Gasteiger partial charge in [0.1, 0.15) is 5.75 Å². The number of pyridine rings is 1. The number of fused-ring (bicyclic) bond motifs is 3. The molecule has 2 heteroatoms. The zero-order chi connectivity index (χ0) is 11.8. The van der Waals surface area contributed by atoms with E-state index >= 15 is 0 Å². The largest absolute Gasteiger partial charge is 0.496 e. The summed E-state index contributed by atoms with van der Waals surface area (Å²) < 4.78 is 5.42. The first-order valence-corrected chi connectivity index (χ1v) is 5.63. The predicted molar refractivity (Wildman–Crippen MR) is 70.5 cm³/mol. The third-order valence-corrected chi connectivity index (χ3v) is 3.09. The van der Waals surface area contributed by atoms with E-state index in [-0.39, 0.29) is 0 Å². The lowest BCUT2D eigenvalue weighted by molar-refractivity contribution is 0.419. The van der Waals surface area contributed by atoms with Crippen molar-refractivity contribution in [2.45, 2.75) is 6.92 Å². The molecule has 0 radical (unpaired) electrons. The molecule has 17 heavy (non-hydrogen) atoms. The van der Waals surface area contributed by atoms with Gasteiger partial charge >= 0.3 is 0 Å². The summed E-state index contributed by atoms with van der Waals surface area (Å²) in [7, 11) is 1.70. The number of hydrogen-bond donors (Lipinski definition) is 0. The smallest absolute Gasteiger partial charge is 0.128 e. The Labute approximate surface area is 99.9 Å². The Morgan fingerprint density at radius 2 is 1.71 bits per heavy atom. The van der Waals surface area contributed by atoms with Crippen LogP contribution in [0.1, 0.15) is 5.69 Å². The average Bonchev–Trinajstić information content (AvgIpc) is 2.38. The van der Waals surface area contributed by atoms with Crippen LogP contribution < -0.4 is 4.74 Å². The Hall–Kier alpha value is -2.09. The third-order valence-electron chi connectivity index (χ3n) is 3.09. The first-order valence-electron chi connectivity index (χ1n) is 5.63.